The van der Waals surface area contributed by atoms with Gasteiger partial charge in [-0.2, -0.15) is 0 Å². The molecule has 0 fully saturated rings. The molecule has 0 aliphatic carbocycles. The first kappa shape index (κ1) is 17.9. The second kappa shape index (κ2) is 7.15. The third kappa shape index (κ3) is 3.71. The van der Waals surface area contributed by atoms with Crippen LogP contribution in [0.25, 0.3) is 0 Å². The molecule has 0 bridgehead atoms. The van der Waals surface area contributed by atoms with Gasteiger partial charge < -0.3 is 9.74 Å². The first-order valence-electron chi connectivity index (χ1n) is 7.18. The van der Waals surface area contributed by atoms with Crippen LogP contribution >= 0.6 is 39.1 Å². The molecule has 1 aliphatic rings. The van der Waals surface area contributed by atoms with Crippen LogP contribution in [0.1, 0.15) is 18.1 Å². The van der Waals surface area contributed by atoms with Crippen molar-refractivity contribution in [3.63, 3.8) is 0 Å². The van der Waals surface area contributed by atoms with Crippen LogP contribution in [0.3, 0.4) is 0 Å². The van der Waals surface area contributed by atoms with E-state index in [0.717, 1.165) is 10.0 Å². The normalized spacial score (nSPS) is 14.8. The zero-order valence-electron chi connectivity index (χ0n) is 12.9. The molecule has 1 aliphatic heterocycles. The first-order chi connectivity index (χ1) is 11.9. The maximum absolute atomic E-state index is 12.8. The molecule has 0 radical (unpaired) electrons. The van der Waals surface area contributed by atoms with E-state index in [-0.39, 0.29) is 18.2 Å². The minimum absolute atomic E-state index is 0.0755. The Kier molecular flexibility index (Phi) is 5.13. The Morgan fingerprint density at radius 1 is 1.20 bits per heavy atom. The van der Waals surface area contributed by atoms with E-state index in [0.29, 0.717) is 21.3 Å². The number of amides is 1. The predicted molar refractivity (Wildman–Crippen MR) is 100 cm³/mol. The maximum Gasteiger partial charge on any atom is 0.332 e. The monoisotopic (exact) mass is 440 g/mol. The number of rotatable bonds is 3. The van der Waals surface area contributed by atoms with E-state index in [1.807, 2.05) is 6.07 Å². The lowest BCUT2D eigenvalue weighted by atomic mass is 10.1. The highest BCUT2D eigenvalue weighted by atomic mass is 79.9. The number of nitrogens with zero attached hydrogens (tertiary/aromatic N) is 2. The minimum Gasteiger partial charge on any atom is -0.318 e. The van der Waals surface area contributed by atoms with E-state index in [9.17, 15) is 9.59 Å². The summed E-state index contributed by atoms with van der Waals surface area (Å²) in [5, 5.41) is 4.57. The molecule has 3 rings (SSSR count). The summed E-state index contributed by atoms with van der Waals surface area (Å²) >= 11 is 15.4. The molecule has 0 unspecified atom stereocenters. The third-order valence-electron chi connectivity index (χ3n) is 3.54. The van der Waals surface area contributed by atoms with Gasteiger partial charge in [0, 0.05) is 17.0 Å². The highest BCUT2D eigenvalue weighted by Gasteiger charge is 2.35. The lowest BCUT2D eigenvalue weighted by molar-refractivity contribution is -0.140. The standard InChI is InChI=1S/C17H11BrCl2N2O3/c1-9(23)25-21-16-12-7-11(18)3-5-15(12)22(17(16)24)8-10-2-4-13(19)14(20)6-10/h2-7H,8H2,1H3/b21-16+. The number of carbonyl (C=O) groups excluding carboxylic acids is 2. The van der Waals surface area contributed by atoms with Gasteiger partial charge in [0.15, 0.2) is 5.71 Å². The summed E-state index contributed by atoms with van der Waals surface area (Å²) in [6.07, 6.45) is 0. The van der Waals surface area contributed by atoms with Crippen molar-refractivity contribution in [2.75, 3.05) is 4.90 Å². The van der Waals surface area contributed by atoms with Gasteiger partial charge in [-0.25, -0.2) is 4.79 Å². The largest absolute Gasteiger partial charge is 0.332 e. The van der Waals surface area contributed by atoms with Crippen LogP contribution in [0, 0.1) is 0 Å². The lowest BCUT2D eigenvalue weighted by Crippen LogP contribution is -2.29. The number of carbonyl (C=O) groups is 2. The average molecular weight is 442 g/mol. The fourth-order valence-corrected chi connectivity index (χ4v) is 3.14. The summed E-state index contributed by atoms with van der Waals surface area (Å²) < 4.78 is 0.783. The quantitative estimate of drug-likeness (QED) is 0.517. The molecule has 1 heterocycles. The van der Waals surface area contributed by atoms with Crippen molar-refractivity contribution in [1.29, 1.82) is 0 Å². The number of fused-ring (bicyclic) bond motifs is 1. The van der Waals surface area contributed by atoms with E-state index in [1.165, 1.54) is 6.92 Å². The zero-order valence-corrected chi connectivity index (χ0v) is 16.0. The van der Waals surface area contributed by atoms with Gasteiger partial charge in [-0.1, -0.05) is 50.4 Å². The molecule has 0 saturated heterocycles. The minimum atomic E-state index is -0.597. The maximum atomic E-state index is 12.8. The Labute approximate surface area is 162 Å². The van der Waals surface area contributed by atoms with Crippen LogP contribution in [0.15, 0.2) is 46.0 Å². The second-order valence-corrected chi connectivity index (χ2v) is 7.05. The Bertz CT molecular complexity index is 915. The van der Waals surface area contributed by atoms with Gasteiger partial charge in [0.25, 0.3) is 5.91 Å². The SMILES string of the molecule is CC(=O)O/N=C1/C(=O)N(Cc2ccc(Cl)c(Cl)c2)c2ccc(Br)cc21. The van der Waals surface area contributed by atoms with Gasteiger partial charge >= 0.3 is 5.97 Å². The number of oxime groups is 1. The van der Waals surface area contributed by atoms with Crippen LogP contribution in [-0.2, 0) is 21.0 Å². The average Bonchev–Trinajstić information content (AvgIpc) is 2.80. The van der Waals surface area contributed by atoms with Gasteiger partial charge in [-0.15, -0.1) is 0 Å². The zero-order chi connectivity index (χ0) is 18.1. The van der Waals surface area contributed by atoms with Crippen molar-refractivity contribution in [1.82, 2.24) is 0 Å². The van der Waals surface area contributed by atoms with Crippen LogP contribution < -0.4 is 4.90 Å². The van der Waals surface area contributed by atoms with Crippen molar-refractivity contribution < 1.29 is 14.4 Å². The summed E-state index contributed by atoms with van der Waals surface area (Å²) in [7, 11) is 0. The van der Waals surface area contributed by atoms with Gasteiger partial charge in [-0.3, -0.25) is 4.79 Å². The number of benzene rings is 2. The number of hydrogen-bond acceptors (Lipinski definition) is 4. The second-order valence-electron chi connectivity index (χ2n) is 5.32. The van der Waals surface area contributed by atoms with Crippen molar-refractivity contribution in [3.8, 4) is 0 Å². The molecular formula is C17H11BrCl2N2O3. The molecule has 2 aromatic rings. The summed E-state index contributed by atoms with van der Waals surface area (Å²) in [6.45, 7) is 1.50. The molecular weight excluding hydrogens is 431 g/mol. The van der Waals surface area contributed by atoms with E-state index in [2.05, 4.69) is 25.9 Å². The van der Waals surface area contributed by atoms with E-state index >= 15 is 0 Å². The fraction of sp³-hybridized carbons (Fsp3) is 0.118. The summed E-state index contributed by atoms with van der Waals surface area (Å²) in [4.78, 5) is 30.0. The lowest BCUT2D eigenvalue weighted by Gasteiger charge is -2.17. The van der Waals surface area contributed by atoms with E-state index in [1.54, 1.807) is 35.2 Å². The topological polar surface area (TPSA) is 59.0 Å². The van der Waals surface area contributed by atoms with Gasteiger partial charge in [0.2, 0.25) is 0 Å². The van der Waals surface area contributed by atoms with Crippen LogP contribution in [0.2, 0.25) is 10.0 Å². The molecule has 0 saturated carbocycles. The molecule has 0 atom stereocenters. The van der Waals surface area contributed by atoms with Crippen LogP contribution in [0.4, 0.5) is 5.69 Å². The van der Waals surface area contributed by atoms with Crippen LogP contribution in [0.5, 0.6) is 0 Å². The summed E-state index contributed by atoms with van der Waals surface area (Å²) in [5.74, 6) is -0.958. The smallest absolute Gasteiger partial charge is 0.318 e. The number of halogens is 3. The molecule has 5 nitrogen and oxygen atoms in total. The molecule has 2 aromatic carbocycles. The van der Waals surface area contributed by atoms with Crippen LogP contribution in [-0.4, -0.2) is 17.6 Å². The predicted octanol–water partition coefficient (Wildman–Crippen LogP) is 4.57. The molecule has 128 valence electrons. The van der Waals surface area contributed by atoms with Gasteiger partial charge in [0.1, 0.15) is 0 Å². The van der Waals surface area contributed by atoms with Crippen molar-refractivity contribution in [2.24, 2.45) is 5.16 Å². The highest BCUT2D eigenvalue weighted by Crippen LogP contribution is 2.34. The number of anilines is 1. The number of hydrogen-bond donors (Lipinski definition) is 0. The highest BCUT2D eigenvalue weighted by molar-refractivity contribution is 9.10. The van der Waals surface area contributed by atoms with Crippen molar-refractivity contribution >= 4 is 62.4 Å². The summed E-state index contributed by atoms with van der Waals surface area (Å²) in [6, 6.07) is 10.5. The molecule has 8 heteroatoms. The molecule has 1 amide bonds. The Balaban J connectivity index is 2.00. The van der Waals surface area contributed by atoms with Crippen molar-refractivity contribution in [2.45, 2.75) is 13.5 Å². The molecule has 0 aromatic heterocycles. The Morgan fingerprint density at radius 3 is 2.64 bits per heavy atom. The van der Waals surface area contributed by atoms with E-state index < -0.39 is 5.97 Å². The Hall–Kier alpha value is -1.89. The first-order valence-corrected chi connectivity index (χ1v) is 8.73. The van der Waals surface area contributed by atoms with Gasteiger partial charge in [-0.05, 0) is 35.9 Å². The van der Waals surface area contributed by atoms with E-state index in [4.69, 9.17) is 23.2 Å². The molecule has 0 spiro atoms. The molecule has 25 heavy (non-hydrogen) atoms. The van der Waals surface area contributed by atoms with Gasteiger partial charge in [0.05, 0.1) is 22.3 Å². The Morgan fingerprint density at radius 2 is 1.96 bits per heavy atom. The fourth-order valence-electron chi connectivity index (χ4n) is 2.46. The summed E-state index contributed by atoms with van der Waals surface area (Å²) in [5.41, 5.74) is 2.14. The van der Waals surface area contributed by atoms with Crippen molar-refractivity contribution in [3.05, 3.63) is 62.0 Å². The molecule has 0 N–H and O–H groups in total. The third-order valence-corrected chi connectivity index (χ3v) is 4.77.